The predicted octanol–water partition coefficient (Wildman–Crippen LogP) is 0.878. The molecule has 1 unspecified atom stereocenters. The monoisotopic (exact) mass is 270 g/mol. The lowest BCUT2D eigenvalue weighted by atomic mass is 10.3. The quantitative estimate of drug-likeness (QED) is 0.825. The zero-order valence-corrected chi connectivity index (χ0v) is 10.6. The number of amides is 2. The van der Waals surface area contributed by atoms with E-state index in [4.69, 9.17) is 16.3 Å². The fourth-order valence-electron chi connectivity index (χ4n) is 1.79. The summed E-state index contributed by atoms with van der Waals surface area (Å²) in [6.45, 7) is 1.72. The van der Waals surface area contributed by atoms with Gasteiger partial charge in [-0.2, -0.15) is 0 Å². The van der Waals surface area contributed by atoms with Gasteiger partial charge in [0.05, 0.1) is 12.7 Å². The van der Waals surface area contributed by atoms with E-state index >= 15 is 0 Å². The van der Waals surface area contributed by atoms with Crippen LogP contribution < -0.4 is 10.1 Å². The van der Waals surface area contributed by atoms with Gasteiger partial charge in [0.25, 0.3) is 0 Å². The number of likely N-dealkylation sites (tertiary alicyclic amines) is 1. The lowest BCUT2D eigenvalue weighted by Crippen LogP contribution is -2.40. The molecule has 0 radical (unpaired) electrons. The van der Waals surface area contributed by atoms with Gasteiger partial charge in [0.15, 0.2) is 0 Å². The summed E-state index contributed by atoms with van der Waals surface area (Å²) in [5.74, 6) is 0.907. The summed E-state index contributed by atoms with van der Waals surface area (Å²) in [4.78, 5) is 21.4. The number of aromatic nitrogens is 2. The van der Waals surface area contributed by atoms with E-state index in [9.17, 15) is 4.79 Å². The third-order valence-corrected chi connectivity index (χ3v) is 2.82. The van der Waals surface area contributed by atoms with Gasteiger partial charge in [0.2, 0.25) is 5.88 Å². The molecule has 1 aromatic heterocycles. The van der Waals surface area contributed by atoms with Gasteiger partial charge in [-0.15, -0.1) is 11.6 Å². The maximum atomic E-state index is 11.7. The van der Waals surface area contributed by atoms with Crippen LogP contribution in [0.5, 0.6) is 5.88 Å². The number of carbonyl (C=O) groups is 1. The lowest BCUT2D eigenvalue weighted by Gasteiger charge is -2.17. The van der Waals surface area contributed by atoms with Crippen molar-refractivity contribution in [2.75, 3.05) is 25.5 Å². The third-order valence-electron chi connectivity index (χ3n) is 2.63. The van der Waals surface area contributed by atoms with Crippen molar-refractivity contribution in [1.29, 1.82) is 0 Å². The Balaban J connectivity index is 1.80. The zero-order chi connectivity index (χ0) is 12.8. The molecular formula is C11H15ClN4O2. The third kappa shape index (κ3) is 3.46. The molecule has 2 amide bonds. The van der Waals surface area contributed by atoms with E-state index < -0.39 is 0 Å². The lowest BCUT2D eigenvalue weighted by molar-refractivity contribution is 0.183. The molecule has 98 valence electrons. The Labute approximate surface area is 110 Å². The summed E-state index contributed by atoms with van der Waals surface area (Å²) >= 11 is 5.52. The van der Waals surface area contributed by atoms with Crippen molar-refractivity contribution in [3.05, 3.63) is 18.6 Å². The molecule has 1 fully saturated rings. The summed E-state index contributed by atoms with van der Waals surface area (Å²) in [6.07, 6.45) is 5.51. The van der Waals surface area contributed by atoms with E-state index in [0.717, 1.165) is 6.42 Å². The highest BCUT2D eigenvalue weighted by molar-refractivity contribution is 6.18. The standard InChI is InChI=1S/C11H15ClN4O2/c12-2-3-15-11(17)16-6-1-9(8-16)18-10-7-13-4-5-14-10/h4-5,7,9H,1-3,6,8H2,(H,15,17). The number of nitrogens with zero attached hydrogens (tertiary/aromatic N) is 3. The molecule has 2 rings (SSSR count). The number of urea groups is 1. The molecule has 1 aromatic rings. The van der Waals surface area contributed by atoms with Crippen LogP contribution in [0.15, 0.2) is 18.6 Å². The number of ether oxygens (including phenoxy) is 1. The number of halogens is 1. The van der Waals surface area contributed by atoms with Crippen molar-refractivity contribution in [2.24, 2.45) is 0 Å². The second-order valence-corrected chi connectivity index (χ2v) is 4.32. The van der Waals surface area contributed by atoms with E-state index in [2.05, 4.69) is 15.3 Å². The normalized spacial score (nSPS) is 18.7. The molecule has 18 heavy (non-hydrogen) atoms. The van der Waals surface area contributed by atoms with Crippen LogP contribution in [0.25, 0.3) is 0 Å². The molecule has 1 atom stereocenters. The maximum absolute atomic E-state index is 11.7. The average molecular weight is 271 g/mol. The number of rotatable bonds is 4. The van der Waals surface area contributed by atoms with Gasteiger partial charge in [-0.3, -0.25) is 4.98 Å². The minimum Gasteiger partial charge on any atom is -0.471 e. The Hall–Kier alpha value is -1.56. The summed E-state index contributed by atoms with van der Waals surface area (Å²) in [6, 6.07) is -0.0964. The second kappa shape index (κ2) is 6.39. The van der Waals surface area contributed by atoms with Crippen LogP contribution in [0.3, 0.4) is 0 Å². The predicted molar refractivity (Wildman–Crippen MR) is 66.8 cm³/mol. The Morgan fingerprint density at radius 1 is 1.61 bits per heavy atom. The van der Waals surface area contributed by atoms with Crippen LogP contribution >= 0.6 is 11.6 Å². The van der Waals surface area contributed by atoms with Gasteiger partial charge in [0.1, 0.15) is 6.10 Å². The van der Waals surface area contributed by atoms with Crippen molar-refractivity contribution >= 4 is 17.6 Å². The topological polar surface area (TPSA) is 67.4 Å². The summed E-state index contributed by atoms with van der Waals surface area (Å²) < 4.78 is 5.64. The molecule has 1 saturated heterocycles. The first kappa shape index (κ1) is 12.9. The van der Waals surface area contributed by atoms with Crippen molar-refractivity contribution < 1.29 is 9.53 Å². The van der Waals surface area contributed by atoms with Crippen LogP contribution in [-0.2, 0) is 0 Å². The van der Waals surface area contributed by atoms with Crippen molar-refractivity contribution in [1.82, 2.24) is 20.2 Å². The maximum Gasteiger partial charge on any atom is 0.317 e. The smallest absolute Gasteiger partial charge is 0.317 e. The Morgan fingerprint density at radius 2 is 2.50 bits per heavy atom. The highest BCUT2D eigenvalue weighted by atomic mass is 35.5. The largest absolute Gasteiger partial charge is 0.471 e. The summed E-state index contributed by atoms with van der Waals surface area (Å²) in [7, 11) is 0. The van der Waals surface area contributed by atoms with E-state index in [-0.39, 0.29) is 12.1 Å². The number of carbonyl (C=O) groups excluding carboxylic acids is 1. The summed E-state index contributed by atoms with van der Waals surface area (Å²) in [5.41, 5.74) is 0. The SMILES string of the molecule is O=C(NCCCl)N1CCC(Oc2cnccn2)C1. The molecule has 1 N–H and O–H groups in total. The highest BCUT2D eigenvalue weighted by Gasteiger charge is 2.27. The fourth-order valence-corrected chi connectivity index (χ4v) is 1.89. The molecule has 0 aliphatic carbocycles. The first-order chi connectivity index (χ1) is 8.79. The van der Waals surface area contributed by atoms with Crippen LogP contribution in [0, 0.1) is 0 Å². The van der Waals surface area contributed by atoms with Gasteiger partial charge < -0.3 is 15.0 Å². The van der Waals surface area contributed by atoms with Crippen LogP contribution in [0.1, 0.15) is 6.42 Å². The van der Waals surface area contributed by atoms with Gasteiger partial charge >= 0.3 is 6.03 Å². The minimum absolute atomic E-state index is 0.0246. The molecule has 0 bridgehead atoms. The molecule has 0 aromatic carbocycles. The van der Waals surface area contributed by atoms with E-state index in [1.807, 2.05) is 0 Å². The van der Waals surface area contributed by atoms with Crippen molar-refractivity contribution in [3.63, 3.8) is 0 Å². The Kier molecular flexibility index (Phi) is 4.58. The molecule has 7 heteroatoms. The molecule has 1 aliphatic heterocycles. The van der Waals surface area contributed by atoms with Gasteiger partial charge in [-0.25, -0.2) is 9.78 Å². The number of nitrogens with one attached hydrogen (secondary N) is 1. The van der Waals surface area contributed by atoms with Gasteiger partial charge in [-0.05, 0) is 0 Å². The van der Waals surface area contributed by atoms with Crippen LogP contribution in [-0.4, -0.2) is 52.5 Å². The molecule has 2 heterocycles. The first-order valence-electron chi connectivity index (χ1n) is 5.81. The van der Waals surface area contributed by atoms with E-state index in [1.165, 1.54) is 0 Å². The fraction of sp³-hybridized carbons (Fsp3) is 0.545. The molecular weight excluding hydrogens is 256 g/mol. The van der Waals surface area contributed by atoms with Crippen LogP contribution in [0.4, 0.5) is 4.79 Å². The Morgan fingerprint density at radius 3 is 3.22 bits per heavy atom. The molecule has 6 nitrogen and oxygen atoms in total. The van der Waals surface area contributed by atoms with Crippen LogP contribution in [0.2, 0.25) is 0 Å². The van der Waals surface area contributed by atoms with Gasteiger partial charge in [0, 0.05) is 37.8 Å². The average Bonchev–Trinajstić information content (AvgIpc) is 2.86. The zero-order valence-electron chi connectivity index (χ0n) is 9.88. The number of hydrogen-bond acceptors (Lipinski definition) is 4. The molecule has 1 aliphatic rings. The summed E-state index contributed by atoms with van der Waals surface area (Å²) in [5, 5.41) is 2.73. The first-order valence-corrected chi connectivity index (χ1v) is 6.34. The van der Waals surface area contributed by atoms with Crippen molar-refractivity contribution in [3.8, 4) is 5.88 Å². The molecule has 0 saturated carbocycles. The van der Waals surface area contributed by atoms with Gasteiger partial charge in [-0.1, -0.05) is 0 Å². The highest BCUT2D eigenvalue weighted by Crippen LogP contribution is 2.15. The van der Waals surface area contributed by atoms with E-state index in [1.54, 1.807) is 23.5 Å². The minimum atomic E-state index is -0.0964. The van der Waals surface area contributed by atoms with Crippen molar-refractivity contribution in [2.45, 2.75) is 12.5 Å². The van der Waals surface area contributed by atoms with E-state index in [0.29, 0.717) is 31.4 Å². The number of alkyl halides is 1. The second-order valence-electron chi connectivity index (χ2n) is 3.94. The number of hydrogen-bond donors (Lipinski definition) is 1. The Bertz CT molecular complexity index is 390. The molecule has 0 spiro atoms.